The molecular weight excluding hydrogens is 288 g/mol. The molecule has 0 spiro atoms. The van der Waals surface area contributed by atoms with E-state index in [0.717, 1.165) is 5.56 Å². The van der Waals surface area contributed by atoms with Gasteiger partial charge in [0.15, 0.2) is 12.3 Å². The van der Waals surface area contributed by atoms with Gasteiger partial charge in [-0.1, -0.05) is 30.3 Å². The van der Waals surface area contributed by atoms with E-state index in [2.05, 4.69) is 10.3 Å². The molecule has 2 aliphatic heterocycles. The third-order valence-electron chi connectivity index (χ3n) is 3.86. The molecule has 1 aromatic carbocycles. The molecule has 1 aromatic rings. The third kappa shape index (κ3) is 3.07. The molecule has 2 aliphatic rings. The number of benzene rings is 1. The summed E-state index contributed by atoms with van der Waals surface area (Å²) in [4.78, 5) is 4.31. The molecule has 4 N–H and O–H groups in total. The van der Waals surface area contributed by atoms with Gasteiger partial charge in [0.25, 0.3) is 6.02 Å². The summed E-state index contributed by atoms with van der Waals surface area (Å²) in [6.07, 6.45) is -3.86. The first-order valence-corrected chi connectivity index (χ1v) is 7.33. The molecule has 0 amide bonds. The molecular formula is C15H20N2O5. The first-order valence-electron chi connectivity index (χ1n) is 7.33. The molecule has 0 aromatic heterocycles. The van der Waals surface area contributed by atoms with Crippen LogP contribution in [0.15, 0.2) is 35.3 Å². The predicted molar refractivity (Wildman–Crippen MR) is 78.0 cm³/mol. The zero-order chi connectivity index (χ0) is 15.5. The van der Waals surface area contributed by atoms with E-state index >= 15 is 0 Å². The zero-order valence-electron chi connectivity index (χ0n) is 12.0. The molecule has 5 atom stereocenters. The molecule has 2 fully saturated rings. The van der Waals surface area contributed by atoms with Crippen molar-refractivity contribution in [2.45, 2.75) is 43.6 Å². The maximum absolute atomic E-state index is 10.1. The molecule has 3 rings (SSSR count). The van der Waals surface area contributed by atoms with Gasteiger partial charge >= 0.3 is 0 Å². The summed E-state index contributed by atoms with van der Waals surface area (Å²) in [5.41, 5.74) is 1.04. The predicted octanol–water partition coefficient (Wildman–Crippen LogP) is -0.640. The van der Waals surface area contributed by atoms with Crippen LogP contribution < -0.4 is 5.32 Å². The van der Waals surface area contributed by atoms with Crippen LogP contribution in [0.3, 0.4) is 0 Å². The SMILES string of the molecule is OCC[C@H]1O[C@H]2NC(=NCc3ccccc3)O[C@@H]2[C@@H](O)[C@@H]1O. The molecule has 0 bridgehead atoms. The average molecular weight is 308 g/mol. The summed E-state index contributed by atoms with van der Waals surface area (Å²) in [7, 11) is 0. The lowest BCUT2D eigenvalue weighted by Crippen LogP contribution is -2.58. The molecule has 2 saturated heterocycles. The van der Waals surface area contributed by atoms with Crippen molar-refractivity contribution < 1.29 is 24.8 Å². The summed E-state index contributed by atoms with van der Waals surface area (Å²) in [6, 6.07) is 10.00. The average Bonchev–Trinajstić information content (AvgIpc) is 2.95. The van der Waals surface area contributed by atoms with Crippen LogP contribution in [0.4, 0.5) is 0 Å². The van der Waals surface area contributed by atoms with Gasteiger partial charge in [-0.3, -0.25) is 0 Å². The van der Waals surface area contributed by atoms with E-state index in [4.69, 9.17) is 14.6 Å². The highest BCUT2D eigenvalue weighted by atomic mass is 16.6. The lowest BCUT2D eigenvalue weighted by molar-refractivity contribution is -0.209. The summed E-state index contributed by atoms with van der Waals surface area (Å²) in [5, 5.41) is 32.0. The van der Waals surface area contributed by atoms with Crippen LogP contribution in [0.1, 0.15) is 12.0 Å². The summed E-state index contributed by atoms with van der Waals surface area (Å²) < 4.78 is 11.2. The summed E-state index contributed by atoms with van der Waals surface area (Å²) >= 11 is 0. The van der Waals surface area contributed by atoms with Crippen molar-refractivity contribution in [2.24, 2.45) is 4.99 Å². The van der Waals surface area contributed by atoms with Crippen LogP contribution in [0.25, 0.3) is 0 Å². The standard InChI is InChI=1S/C15H20N2O5/c18-7-6-10-11(19)12(20)13-14(21-10)17-15(22-13)16-8-9-4-2-1-3-5-9/h1-5,10-14,18-20H,6-8H2,(H,16,17)/t10-,11-,12+,13-,14-/m1/s1. The monoisotopic (exact) mass is 308 g/mol. The second-order valence-electron chi connectivity index (χ2n) is 5.42. The minimum absolute atomic E-state index is 0.123. The molecule has 7 heteroatoms. The minimum atomic E-state index is -1.09. The van der Waals surface area contributed by atoms with Crippen molar-refractivity contribution in [3.8, 4) is 0 Å². The highest BCUT2D eigenvalue weighted by Gasteiger charge is 2.49. The Balaban J connectivity index is 1.65. The van der Waals surface area contributed by atoms with Gasteiger partial charge in [0.05, 0.1) is 12.6 Å². The Morgan fingerprint density at radius 1 is 1.14 bits per heavy atom. The third-order valence-corrected chi connectivity index (χ3v) is 3.86. The number of fused-ring (bicyclic) bond motifs is 1. The molecule has 22 heavy (non-hydrogen) atoms. The smallest absolute Gasteiger partial charge is 0.287 e. The number of hydrogen-bond acceptors (Lipinski definition) is 6. The second kappa shape index (κ2) is 6.62. The molecule has 0 radical (unpaired) electrons. The van der Waals surface area contributed by atoms with Gasteiger partial charge in [0.2, 0.25) is 0 Å². The fourth-order valence-corrected chi connectivity index (χ4v) is 2.67. The largest absolute Gasteiger partial charge is 0.454 e. The van der Waals surface area contributed by atoms with Crippen LogP contribution in [0.5, 0.6) is 0 Å². The topological polar surface area (TPSA) is 104 Å². The van der Waals surface area contributed by atoms with E-state index in [1.165, 1.54) is 0 Å². The Hall–Kier alpha value is -1.67. The number of ether oxygens (including phenoxy) is 2. The van der Waals surface area contributed by atoms with Gasteiger partial charge < -0.3 is 30.1 Å². The molecule has 120 valence electrons. The quantitative estimate of drug-likeness (QED) is 0.590. The van der Waals surface area contributed by atoms with E-state index in [1.807, 2.05) is 30.3 Å². The molecule has 2 heterocycles. The number of aliphatic imine (C=N–C) groups is 1. The highest BCUT2D eigenvalue weighted by molar-refractivity contribution is 5.76. The van der Waals surface area contributed by atoms with E-state index in [1.54, 1.807) is 0 Å². The Labute approximate surface area is 128 Å². The van der Waals surface area contributed by atoms with Crippen molar-refractivity contribution in [3.05, 3.63) is 35.9 Å². The number of nitrogens with zero attached hydrogens (tertiary/aromatic N) is 1. The number of aliphatic hydroxyl groups is 3. The van der Waals surface area contributed by atoms with Crippen molar-refractivity contribution in [3.63, 3.8) is 0 Å². The fraction of sp³-hybridized carbons (Fsp3) is 0.533. The lowest BCUT2D eigenvalue weighted by Gasteiger charge is -2.37. The number of aliphatic hydroxyl groups excluding tert-OH is 3. The molecule has 0 aliphatic carbocycles. The highest BCUT2D eigenvalue weighted by Crippen LogP contribution is 2.27. The van der Waals surface area contributed by atoms with Gasteiger partial charge in [0.1, 0.15) is 12.2 Å². The first kappa shape index (κ1) is 15.2. The first-order chi connectivity index (χ1) is 10.7. The van der Waals surface area contributed by atoms with Gasteiger partial charge in [-0.2, -0.15) is 0 Å². The van der Waals surface area contributed by atoms with Crippen molar-refractivity contribution in [1.29, 1.82) is 0 Å². The molecule has 0 unspecified atom stereocenters. The van der Waals surface area contributed by atoms with Crippen LogP contribution >= 0.6 is 0 Å². The lowest BCUT2D eigenvalue weighted by atomic mass is 9.97. The number of amidine groups is 1. The number of nitrogens with one attached hydrogen (secondary N) is 1. The minimum Gasteiger partial charge on any atom is -0.454 e. The zero-order valence-corrected chi connectivity index (χ0v) is 12.0. The van der Waals surface area contributed by atoms with E-state index in [-0.39, 0.29) is 19.0 Å². The Bertz CT molecular complexity index is 524. The molecule has 7 nitrogen and oxygen atoms in total. The van der Waals surface area contributed by atoms with Crippen molar-refractivity contribution >= 4 is 6.02 Å². The summed E-state index contributed by atoms with van der Waals surface area (Å²) in [5.74, 6) is 0. The van der Waals surface area contributed by atoms with Crippen LogP contribution in [-0.2, 0) is 16.0 Å². The van der Waals surface area contributed by atoms with E-state index in [0.29, 0.717) is 6.54 Å². The Morgan fingerprint density at radius 3 is 2.64 bits per heavy atom. The normalized spacial score (nSPS) is 35.8. The van der Waals surface area contributed by atoms with Gasteiger partial charge in [-0.25, -0.2) is 4.99 Å². The maximum Gasteiger partial charge on any atom is 0.287 e. The summed E-state index contributed by atoms with van der Waals surface area (Å²) in [6.45, 7) is 0.322. The Kier molecular flexibility index (Phi) is 4.58. The number of rotatable bonds is 4. The van der Waals surface area contributed by atoms with Crippen LogP contribution in [-0.4, -0.2) is 58.6 Å². The number of hydrogen-bond donors (Lipinski definition) is 4. The maximum atomic E-state index is 10.1. The Morgan fingerprint density at radius 2 is 1.91 bits per heavy atom. The van der Waals surface area contributed by atoms with Gasteiger partial charge in [-0.05, 0) is 12.0 Å². The second-order valence-corrected chi connectivity index (χ2v) is 5.42. The van der Waals surface area contributed by atoms with Crippen LogP contribution in [0, 0.1) is 0 Å². The molecule has 0 saturated carbocycles. The van der Waals surface area contributed by atoms with Crippen molar-refractivity contribution in [1.82, 2.24) is 5.32 Å². The van der Waals surface area contributed by atoms with Gasteiger partial charge in [-0.15, -0.1) is 0 Å². The van der Waals surface area contributed by atoms with Crippen molar-refractivity contribution in [2.75, 3.05) is 6.61 Å². The fourth-order valence-electron chi connectivity index (χ4n) is 2.67. The van der Waals surface area contributed by atoms with E-state index < -0.39 is 30.6 Å². The van der Waals surface area contributed by atoms with Crippen LogP contribution in [0.2, 0.25) is 0 Å². The van der Waals surface area contributed by atoms with E-state index in [9.17, 15) is 10.2 Å². The van der Waals surface area contributed by atoms with Gasteiger partial charge in [0, 0.05) is 6.61 Å².